The lowest BCUT2D eigenvalue weighted by Crippen LogP contribution is -2.24. The second-order valence-electron chi connectivity index (χ2n) is 5.93. The number of amides is 2. The first-order valence-electron chi connectivity index (χ1n) is 7.60. The summed E-state index contributed by atoms with van der Waals surface area (Å²) >= 11 is 0. The first-order valence-corrected chi connectivity index (χ1v) is 7.60. The van der Waals surface area contributed by atoms with E-state index in [0.717, 1.165) is 12.1 Å². The molecule has 0 saturated heterocycles. The van der Waals surface area contributed by atoms with Crippen LogP contribution in [-0.2, 0) is 9.59 Å². The average Bonchev–Trinajstić information content (AvgIpc) is 3.04. The van der Waals surface area contributed by atoms with Gasteiger partial charge in [0.2, 0.25) is 11.8 Å². The van der Waals surface area contributed by atoms with E-state index in [4.69, 9.17) is 0 Å². The molecule has 3 unspecified atom stereocenters. The van der Waals surface area contributed by atoms with Gasteiger partial charge in [-0.25, -0.2) is 9.67 Å². The molecular formula is C16H19N5O2. The van der Waals surface area contributed by atoms with Crippen LogP contribution < -0.4 is 10.6 Å². The van der Waals surface area contributed by atoms with E-state index >= 15 is 0 Å². The second kappa shape index (κ2) is 6.20. The molecule has 0 bridgehead atoms. The van der Waals surface area contributed by atoms with Gasteiger partial charge in [-0.2, -0.15) is 5.10 Å². The van der Waals surface area contributed by atoms with Crippen LogP contribution in [0.5, 0.6) is 0 Å². The number of nitrogens with one attached hydrogen (secondary N) is 2. The minimum Gasteiger partial charge on any atom is -0.326 e. The highest BCUT2D eigenvalue weighted by molar-refractivity contribution is 5.96. The molecule has 7 heteroatoms. The fraction of sp³-hybridized carbons (Fsp3) is 0.375. The van der Waals surface area contributed by atoms with E-state index in [0.29, 0.717) is 11.6 Å². The predicted molar refractivity (Wildman–Crippen MR) is 85.7 cm³/mol. The molecule has 0 spiro atoms. The molecule has 1 fully saturated rings. The molecule has 1 saturated carbocycles. The third kappa shape index (κ3) is 3.56. The molecule has 2 amide bonds. The van der Waals surface area contributed by atoms with E-state index in [2.05, 4.69) is 27.6 Å². The van der Waals surface area contributed by atoms with Crippen molar-refractivity contribution in [3.05, 3.63) is 36.9 Å². The first-order chi connectivity index (χ1) is 11.0. The zero-order valence-electron chi connectivity index (χ0n) is 13.1. The average molecular weight is 313 g/mol. The van der Waals surface area contributed by atoms with E-state index in [1.165, 1.54) is 17.3 Å². The molecule has 1 aliphatic carbocycles. The van der Waals surface area contributed by atoms with Crippen molar-refractivity contribution in [2.45, 2.75) is 26.3 Å². The monoisotopic (exact) mass is 313 g/mol. The lowest BCUT2D eigenvalue weighted by atomic mass is 10.2. The van der Waals surface area contributed by atoms with Gasteiger partial charge in [-0.05, 0) is 43.5 Å². The van der Waals surface area contributed by atoms with E-state index in [-0.39, 0.29) is 17.7 Å². The molecule has 7 nitrogen and oxygen atoms in total. The van der Waals surface area contributed by atoms with Crippen LogP contribution in [0.3, 0.4) is 0 Å². The van der Waals surface area contributed by atoms with Gasteiger partial charge in [0.25, 0.3) is 0 Å². The molecule has 1 aromatic carbocycles. The van der Waals surface area contributed by atoms with Crippen LogP contribution in [0.15, 0.2) is 36.9 Å². The minimum absolute atomic E-state index is 0.0640. The highest BCUT2D eigenvalue weighted by atomic mass is 16.2. The van der Waals surface area contributed by atoms with Crippen LogP contribution in [0.25, 0.3) is 0 Å². The van der Waals surface area contributed by atoms with Gasteiger partial charge >= 0.3 is 0 Å². The van der Waals surface area contributed by atoms with Gasteiger partial charge in [0, 0.05) is 17.3 Å². The molecular weight excluding hydrogens is 294 g/mol. The van der Waals surface area contributed by atoms with Gasteiger partial charge in [-0.3, -0.25) is 9.59 Å². The second-order valence-corrected chi connectivity index (χ2v) is 5.93. The number of aromatic nitrogens is 3. The molecule has 0 aliphatic heterocycles. The van der Waals surface area contributed by atoms with Crippen molar-refractivity contribution in [1.29, 1.82) is 0 Å². The molecule has 1 aliphatic rings. The lowest BCUT2D eigenvalue weighted by molar-refractivity contribution is -0.119. The SMILES string of the molecule is CC1CC1C(=O)Nc1ccc(NC(=O)C(C)n2cncn2)cc1. The largest absolute Gasteiger partial charge is 0.326 e. The Morgan fingerprint density at radius 2 is 1.83 bits per heavy atom. The molecule has 1 aromatic heterocycles. The van der Waals surface area contributed by atoms with Crippen LogP contribution in [0.4, 0.5) is 11.4 Å². The number of carbonyl (C=O) groups is 2. The lowest BCUT2D eigenvalue weighted by Gasteiger charge is -2.12. The van der Waals surface area contributed by atoms with Crippen LogP contribution in [-0.4, -0.2) is 26.6 Å². The summed E-state index contributed by atoms with van der Waals surface area (Å²) in [4.78, 5) is 27.8. The number of nitrogens with zero attached hydrogens (tertiary/aromatic N) is 3. The van der Waals surface area contributed by atoms with Crippen molar-refractivity contribution in [2.75, 3.05) is 10.6 Å². The number of carbonyl (C=O) groups excluding carboxylic acids is 2. The first kappa shape index (κ1) is 15.2. The highest BCUT2D eigenvalue weighted by Crippen LogP contribution is 2.38. The topological polar surface area (TPSA) is 88.9 Å². The van der Waals surface area contributed by atoms with Crippen LogP contribution in [0.2, 0.25) is 0 Å². The van der Waals surface area contributed by atoms with Gasteiger partial charge in [0.15, 0.2) is 0 Å². The fourth-order valence-corrected chi connectivity index (χ4v) is 2.34. The number of hydrogen-bond acceptors (Lipinski definition) is 4. The molecule has 120 valence electrons. The number of hydrogen-bond donors (Lipinski definition) is 2. The zero-order valence-corrected chi connectivity index (χ0v) is 13.1. The number of rotatable bonds is 5. The van der Waals surface area contributed by atoms with Crippen molar-refractivity contribution < 1.29 is 9.59 Å². The molecule has 23 heavy (non-hydrogen) atoms. The van der Waals surface area contributed by atoms with Crippen LogP contribution in [0.1, 0.15) is 26.3 Å². The van der Waals surface area contributed by atoms with Gasteiger partial charge in [0.1, 0.15) is 18.7 Å². The Morgan fingerprint density at radius 3 is 2.35 bits per heavy atom. The van der Waals surface area contributed by atoms with Gasteiger partial charge in [0.05, 0.1) is 0 Å². The fourth-order valence-electron chi connectivity index (χ4n) is 2.34. The predicted octanol–water partition coefficient (Wildman–Crippen LogP) is 2.07. The van der Waals surface area contributed by atoms with E-state index < -0.39 is 6.04 Å². The maximum atomic E-state index is 12.1. The molecule has 2 N–H and O–H groups in total. The summed E-state index contributed by atoms with van der Waals surface area (Å²) in [7, 11) is 0. The summed E-state index contributed by atoms with van der Waals surface area (Å²) in [5.41, 5.74) is 1.40. The standard InChI is InChI=1S/C16H19N5O2/c1-10-7-14(10)16(23)20-13-5-3-12(4-6-13)19-15(22)11(2)21-9-17-8-18-21/h3-6,8-11,14H,7H2,1-2H3,(H,19,22)(H,20,23). The Labute approximate surface area is 134 Å². The van der Waals surface area contributed by atoms with Gasteiger partial charge in [-0.15, -0.1) is 0 Å². The Kier molecular flexibility index (Phi) is 4.10. The normalized spacial score (nSPS) is 20.6. The summed E-state index contributed by atoms with van der Waals surface area (Å²) in [5.74, 6) is 0.498. The van der Waals surface area contributed by atoms with E-state index in [1.807, 2.05) is 0 Å². The van der Waals surface area contributed by atoms with Gasteiger partial charge < -0.3 is 10.6 Å². The smallest absolute Gasteiger partial charge is 0.249 e. The molecule has 3 rings (SSSR count). The Bertz CT molecular complexity index is 696. The molecule has 2 aromatic rings. The van der Waals surface area contributed by atoms with Crippen molar-refractivity contribution >= 4 is 23.2 Å². The summed E-state index contributed by atoms with van der Waals surface area (Å²) in [6.45, 7) is 3.81. The van der Waals surface area contributed by atoms with Crippen molar-refractivity contribution in [1.82, 2.24) is 14.8 Å². The number of benzene rings is 1. The van der Waals surface area contributed by atoms with Crippen LogP contribution in [0, 0.1) is 11.8 Å². The van der Waals surface area contributed by atoms with E-state index in [1.54, 1.807) is 31.2 Å². The molecule has 3 atom stereocenters. The van der Waals surface area contributed by atoms with Crippen molar-refractivity contribution in [2.24, 2.45) is 11.8 Å². The van der Waals surface area contributed by atoms with Crippen molar-refractivity contribution in [3.63, 3.8) is 0 Å². The van der Waals surface area contributed by atoms with Crippen LogP contribution >= 0.6 is 0 Å². The Morgan fingerprint density at radius 1 is 1.22 bits per heavy atom. The molecule has 1 heterocycles. The summed E-state index contributed by atoms with van der Waals surface area (Å²) < 4.78 is 1.49. The quantitative estimate of drug-likeness (QED) is 0.884. The third-order valence-corrected chi connectivity index (χ3v) is 4.08. The van der Waals surface area contributed by atoms with Crippen molar-refractivity contribution in [3.8, 4) is 0 Å². The maximum absolute atomic E-state index is 12.1. The summed E-state index contributed by atoms with van der Waals surface area (Å²) in [6, 6.07) is 6.63. The molecule has 0 radical (unpaired) electrons. The minimum atomic E-state index is -0.451. The summed E-state index contributed by atoms with van der Waals surface area (Å²) in [5, 5.41) is 9.65. The summed E-state index contributed by atoms with van der Waals surface area (Å²) in [6.07, 6.45) is 3.85. The third-order valence-electron chi connectivity index (χ3n) is 4.08. The van der Waals surface area contributed by atoms with Gasteiger partial charge in [-0.1, -0.05) is 6.92 Å². The van der Waals surface area contributed by atoms with E-state index in [9.17, 15) is 9.59 Å². The highest BCUT2D eigenvalue weighted by Gasteiger charge is 2.39. The Balaban J connectivity index is 1.57. The zero-order chi connectivity index (χ0) is 16.4. The Hall–Kier alpha value is -2.70. The number of anilines is 2. The maximum Gasteiger partial charge on any atom is 0.249 e.